The predicted molar refractivity (Wildman–Crippen MR) is 28.8 cm³/mol. The summed E-state index contributed by atoms with van der Waals surface area (Å²) in [5, 5.41) is 0. The first-order valence-corrected chi connectivity index (χ1v) is 2.53. The summed E-state index contributed by atoms with van der Waals surface area (Å²) in [4.78, 5) is 30.0. The lowest BCUT2D eigenvalue weighted by atomic mass is 10.7. The Hall–Kier alpha value is -1.39. The van der Waals surface area contributed by atoms with Crippen molar-refractivity contribution >= 4 is 18.4 Å². The van der Waals surface area contributed by atoms with Crippen molar-refractivity contribution in [3.63, 3.8) is 0 Å². The Labute approximate surface area is 56.9 Å². The lowest BCUT2D eigenvalue weighted by Crippen LogP contribution is -2.19. The van der Waals surface area contributed by atoms with Crippen molar-refractivity contribution in [2.75, 3.05) is 6.61 Å². The van der Waals surface area contributed by atoms with Gasteiger partial charge >= 0.3 is 18.4 Å². The Morgan fingerprint density at radius 1 is 1.40 bits per heavy atom. The second kappa shape index (κ2) is 4.49. The van der Waals surface area contributed by atoms with Crippen molar-refractivity contribution in [3.05, 3.63) is 0 Å². The first kappa shape index (κ1) is 8.61. The lowest BCUT2D eigenvalue weighted by Gasteiger charge is -1.95. The Bertz CT molecular complexity index is 150. The molecule has 0 aliphatic rings. The molecule has 0 bridgehead atoms. The van der Waals surface area contributed by atoms with E-state index in [9.17, 15) is 14.4 Å². The summed E-state index contributed by atoms with van der Waals surface area (Å²) >= 11 is 0. The number of rotatable bonds is 2. The van der Waals surface area contributed by atoms with Crippen LogP contribution in [0.3, 0.4) is 0 Å². The van der Waals surface area contributed by atoms with Crippen molar-refractivity contribution in [2.45, 2.75) is 6.92 Å². The molecule has 0 saturated carbocycles. The number of carbonyl (C=O) groups is 3. The molecule has 0 aliphatic heterocycles. The molecule has 0 saturated heterocycles. The van der Waals surface area contributed by atoms with Crippen LogP contribution in [0.2, 0.25) is 0 Å². The molecule has 0 atom stereocenters. The Morgan fingerprint density at radius 2 is 2.00 bits per heavy atom. The van der Waals surface area contributed by atoms with Crippen LogP contribution in [0, 0.1) is 0 Å². The van der Waals surface area contributed by atoms with Gasteiger partial charge in [-0.25, -0.2) is 9.59 Å². The molecule has 0 radical (unpaired) electrons. The maximum atomic E-state index is 10.3. The van der Waals surface area contributed by atoms with E-state index in [-0.39, 0.29) is 13.1 Å². The van der Waals surface area contributed by atoms with Crippen LogP contribution in [0.4, 0.5) is 0 Å². The summed E-state index contributed by atoms with van der Waals surface area (Å²) in [6, 6.07) is 0. The van der Waals surface area contributed by atoms with Gasteiger partial charge in [-0.1, -0.05) is 0 Å². The second-order valence-electron chi connectivity index (χ2n) is 1.22. The predicted octanol–water partition coefficient (Wildman–Crippen LogP) is -0.751. The number of esters is 2. The van der Waals surface area contributed by atoms with E-state index in [0.29, 0.717) is 0 Å². The maximum Gasteiger partial charge on any atom is 0.424 e. The summed E-state index contributed by atoms with van der Waals surface area (Å²) < 4.78 is 7.85. The molecule has 0 aliphatic carbocycles. The molecule has 0 aromatic carbocycles. The number of carbonyl (C=O) groups excluding carboxylic acids is 3. The van der Waals surface area contributed by atoms with E-state index < -0.39 is 11.9 Å². The van der Waals surface area contributed by atoms with Gasteiger partial charge in [0, 0.05) is 0 Å². The highest BCUT2D eigenvalue weighted by atomic mass is 16.6. The molecule has 0 aromatic heterocycles. The fourth-order valence-corrected chi connectivity index (χ4v) is 0.282. The average Bonchev–Trinajstić information content (AvgIpc) is 1.89. The molecule has 0 spiro atoms. The van der Waals surface area contributed by atoms with Crippen LogP contribution in [-0.2, 0) is 23.9 Å². The fourth-order valence-electron chi connectivity index (χ4n) is 0.282. The highest BCUT2D eigenvalue weighted by Crippen LogP contribution is 1.80. The minimum atomic E-state index is -1.29. The van der Waals surface area contributed by atoms with Gasteiger partial charge in [-0.3, -0.25) is 4.79 Å². The van der Waals surface area contributed by atoms with Crippen molar-refractivity contribution in [3.8, 4) is 0 Å². The normalized spacial score (nSPS) is 8.10. The van der Waals surface area contributed by atoms with Crippen LogP contribution in [0.5, 0.6) is 0 Å². The average molecular weight is 146 g/mol. The second-order valence-corrected chi connectivity index (χ2v) is 1.22. The van der Waals surface area contributed by atoms with Gasteiger partial charge < -0.3 is 9.47 Å². The van der Waals surface area contributed by atoms with Gasteiger partial charge in [-0.05, 0) is 6.92 Å². The van der Waals surface area contributed by atoms with E-state index in [1.165, 1.54) is 6.92 Å². The number of hydrogen-bond donors (Lipinski definition) is 0. The van der Waals surface area contributed by atoms with Gasteiger partial charge in [-0.2, -0.15) is 0 Å². The van der Waals surface area contributed by atoms with E-state index in [2.05, 4.69) is 9.47 Å². The summed E-state index contributed by atoms with van der Waals surface area (Å²) in [5.41, 5.74) is 0. The van der Waals surface area contributed by atoms with E-state index in [0.717, 1.165) is 0 Å². The molecule has 5 heteroatoms. The highest BCUT2D eigenvalue weighted by Gasteiger charge is 2.15. The Morgan fingerprint density at radius 3 is 2.40 bits per heavy atom. The van der Waals surface area contributed by atoms with Crippen LogP contribution >= 0.6 is 0 Å². The third-order valence-corrected chi connectivity index (χ3v) is 0.597. The molecule has 0 fully saturated rings. The van der Waals surface area contributed by atoms with E-state index in [4.69, 9.17) is 0 Å². The molecule has 0 heterocycles. The quantitative estimate of drug-likeness (QED) is 0.222. The van der Waals surface area contributed by atoms with Gasteiger partial charge in [0.2, 0.25) is 0 Å². The van der Waals surface area contributed by atoms with E-state index in [1.54, 1.807) is 0 Å². The van der Waals surface area contributed by atoms with Crippen LogP contribution in [0.1, 0.15) is 6.92 Å². The Balaban J connectivity index is 3.70. The smallest absolute Gasteiger partial charge is 0.424 e. The standard InChI is InChI=1S/C5H6O5/c1-2-9-4(7)5(8)10-3-6/h3H,2H2,1H3. The third-order valence-electron chi connectivity index (χ3n) is 0.597. The van der Waals surface area contributed by atoms with Crippen LogP contribution in [0.25, 0.3) is 0 Å². The zero-order chi connectivity index (χ0) is 7.98. The van der Waals surface area contributed by atoms with E-state index >= 15 is 0 Å². The maximum absolute atomic E-state index is 10.3. The lowest BCUT2D eigenvalue weighted by molar-refractivity contribution is -0.169. The summed E-state index contributed by atoms with van der Waals surface area (Å²) in [6.07, 6.45) is 0. The van der Waals surface area contributed by atoms with E-state index in [1.807, 2.05) is 0 Å². The van der Waals surface area contributed by atoms with Crippen molar-refractivity contribution < 1.29 is 23.9 Å². The molecule has 0 unspecified atom stereocenters. The molecule has 0 amide bonds. The van der Waals surface area contributed by atoms with Crippen molar-refractivity contribution in [2.24, 2.45) is 0 Å². The first-order valence-electron chi connectivity index (χ1n) is 2.53. The number of hydrogen-bond acceptors (Lipinski definition) is 5. The van der Waals surface area contributed by atoms with Crippen molar-refractivity contribution in [1.82, 2.24) is 0 Å². The molecule has 0 aromatic rings. The number of ether oxygens (including phenoxy) is 2. The fraction of sp³-hybridized carbons (Fsp3) is 0.400. The van der Waals surface area contributed by atoms with Gasteiger partial charge in [0.1, 0.15) is 0 Å². The molecule has 0 rings (SSSR count). The minimum Gasteiger partial charge on any atom is -0.458 e. The SMILES string of the molecule is CCOC(=O)C(=O)OC=O. The first-order chi connectivity index (χ1) is 4.72. The monoisotopic (exact) mass is 146 g/mol. The molecular weight excluding hydrogens is 140 g/mol. The third kappa shape index (κ3) is 2.81. The minimum absolute atomic E-state index is 0.0762. The van der Waals surface area contributed by atoms with Crippen molar-refractivity contribution in [1.29, 1.82) is 0 Å². The van der Waals surface area contributed by atoms with Gasteiger partial charge in [-0.15, -0.1) is 0 Å². The molecule has 10 heavy (non-hydrogen) atoms. The van der Waals surface area contributed by atoms with Crippen LogP contribution in [0.15, 0.2) is 0 Å². The van der Waals surface area contributed by atoms with Crippen LogP contribution < -0.4 is 0 Å². The zero-order valence-electron chi connectivity index (χ0n) is 5.33. The largest absolute Gasteiger partial charge is 0.458 e. The molecular formula is C5H6O5. The van der Waals surface area contributed by atoms with Gasteiger partial charge in [0.05, 0.1) is 6.61 Å². The molecule has 5 nitrogen and oxygen atoms in total. The molecule has 56 valence electrons. The van der Waals surface area contributed by atoms with Gasteiger partial charge in [0.25, 0.3) is 0 Å². The topological polar surface area (TPSA) is 69.7 Å². The highest BCUT2D eigenvalue weighted by molar-refractivity contribution is 6.30. The molecule has 0 N–H and O–H groups in total. The summed E-state index contributed by atoms with van der Waals surface area (Å²) in [5.74, 6) is -2.45. The summed E-state index contributed by atoms with van der Waals surface area (Å²) in [7, 11) is 0. The van der Waals surface area contributed by atoms with Gasteiger partial charge in [0.15, 0.2) is 0 Å². The zero-order valence-corrected chi connectivity index (χ0v) is 5.33. The van der Waals surface area contributed by atoms with Crippen LogP contribution in [-0.4, -0.2) is 25.0 Å². The summed E-state index contributed by atoms with van der Waals surface area (Å²) in [6.45, 7) is 1.48. The Kier molecular flexibility index (Phi) is 3.86.